The Kier molecular flexibility index (Phi) is 4.00. The van der Waals surface area contributed by atoms with Crippen LogP contribution in [0.25, 0.3) is 0 Å². The van der Waals surface area contributed by atoms with Crippen LogP contribution < -0.4 is 8.92 Å². The Balaban J connectivity index is 1.50. The predicted octanol–water partition coefficient (Wildman–Crippen LogP) is 2.05. The lowest BCUT2D eigenvalue weighted by atomic mass is 9.49. The van der Waals surface area contributed by atoms with E-state index in [0.29, 0.717) is 30.9 Å². The number of rotatable bonds is 4. The molecule has 0 amide bonds. The average Bonchev–Trinajstić information content (AvgIpc) is 3.44. The summed E-state index contributed by atoms with van der Waals surface area (Å²) in [6.45, 7) is 1.50. The molecule has 2 aliphatic heterocycles. The first kappa shape index (κ1) is 20.7. The van der Waals surface area contributed by atoms with Crippen molar-refractivity contribution in [2.75, 3.05) is 13.1 Å². The maximum absolute atomic E-state index is 12.9. The zero-order valence-electron chi connectivity index (χ0n) is 17.0. The Morgan fingerprint density at radius 2 is 2.00 bits per heavy atom. The van der Waals surface area contributed by atoms with Crippen LogP contribution in [0.1, 0.15) is 43.2 Å². The van der Waals surface area contributed by atoms with Gasteiger partial charge in [0.05, 0.1) is 11.0 Å². The molecule has 5 aliphatic rings. The zero-order chi connectivity index (χ0) is 22.7. The fraction of sp³-hybridized carbons (Fsp3) is 0.667. The number of carbonyl (C=O) groups is 1. The van der Waals surface area contributed by atoms with Crippen LogP contribution in [0, 0.1) is 5.92 Å². The Bertz CT molecular complexity index is 1130. The fourth-order valence-electron chi connectivity index (χ4n) is 6.48. The Morgan fingerprint density at radius 3 is 2.69 bits per heavy atom. The third-order valence-electron chi connectivity index (χ3n) is 8.03. The standard InChI is InChI=1S/C21H22F3NO6S/c22-21(23,24)32(28,29)31-14-4-3-12-9-15-20(27)6-5-13(26)18-19(20,16(12)17(14)30-18)7-8-25(15)10-11-1-2-11/h3-4,11,15,18,27H,1-2,5-10H2/t15?,18-,19-,20?/m0/s1. The maximum atomic E-state index is 12.9. The quantitative estimate of drug-likeness (QED) is 0.529. The van der Waals surface area contributed by atoms with Gasteiger partial charge in [-0.05, 0) is 56.2 Å². The average molecular weight is 473 g/mol. The molecule has 1 N–H and O–H groups in total. The van der Waals surface area contributed by atoms with E-state index in [1.54, 1.807) is 6.07 Å². The maximum Gasteiger partial charge on any atom is 0.534 e. The van der Waals surface area contributed by atoms with Gasteiger partial charge in [0.15, 0.2) is 23.4 Å². The molecule has 0 radical (unpaired) electrons. The van der Waals surface area contributed by atoms with Gasteiger partial charge in [-0.3, -0.25) is 9.69 Å². The van der Waals surface area contributed by atoms with Crippen LogP contribution in [0.2, 0.25) is 0 Å². The van der Waals surface area contributed by atoms with Crippen molar-refractivity contribution in [1.29, 1.82) is 0 Å². The molecule has 1 aromatic rings. The summed E-state index contributed by atoms with van der Waals surface area (Å²) >= 11 is 0. The van der Waals surface area contributed by atoms with Crippen LogP contribution in [0.3, 0.4) is 0 Å². The minimum absolute atomic E-state index is 0.0943. The number of carbonyl (C=O) groups excluding carboxylic acids is 1. The van der Waals surface area contributed by atoms with Gasteiger partial charge in [0.2, 0.25) is 0 Å². The van der Waals surface area contributed by atoms with Crippen LogP contribution >= 0.6 is 0 Å². The Hall–Kier alpha value is -1.85. The van der Waals surface area contributed by atoms with E-state index < -0.39 is 38.5 Å². The summed E-state index contributed by atoms with van der Waals surface area (Å²) in [5.41, 5.74) is -6.82. The molecule has 1 aromatic carbocycles. The van der Waals surface area contributed by atoms with E-state index in [4.69, 9.17) is 4.74 Å². The van der Waals surface area contributed by atoms with Crippen LogP contribution in [0.15, 0.2) is 12.1 Å². The van der Waals surface area contributed by atoms with Crippen molar-refractivity contribution in [3.05, 3.63) is 23.3 Å². The van der Waals surface area contributed by atoms with Crippen molar-refractivity contribution in [2.24, 2.45) is 5.92 Å². The normalized spacial score (nSPS) is 35.9. The number of alkyl halides is 3. The first-order chi connectivity index (χ1) is 15.0. The minimum atomic E-state index is -5.92. The summed E-state index contributed by atoms with van der Waals surface area (Å²) in [5, 5.41) is 12.1. The summed E-state index contributed by atoms with van der Waals surface area (Å²) in [6.07, 6.45) is 2.43. The number of hydrogen-bond acceptors (Lipinski definition) is 7. The van der Waals surface area contributed by atoms with E-state index in [1.165, 1.54) is 0 Å². The van der Waals surface area contributed by atoms with Crippen molar-refractivity contribution < 1.29 is 40.4 Å². The smallest absolute Gasteiger partial charge is 0.477 e. The number of ether oxygens (including phenoxy) is 1. The highest BCUT2D eigenvalue weighted by molar-refractivity contribution is 7.88. The van der Waals surface area contributed by atoms with Gasteiger partial charge < -0.3 is 14.0 Å². The topological polar surface area (TPSA) is 93.1 Å². The molecule has 7 nitrogen and oxygen atoms in total. The second kappa shape index (κ2) is 6.18. The minimum Gasteiger partial charge on any atom is -0.477 e. The number of nitrogens with zero attached hydrogens (tertiary/aromatic N) is 1. The van der Waals surface area contributed by atoms with Crippen LogP contribution in [0.5, 0.6) is 11.5 Å². The van der Waals surface area contributed by atoms with Crippen LogP contribution in [-0.2, 0) is 26.7 Å². The molecule has 0 aromatic heterocycles. The van der Waals surface area contributed by atoms with Crippen molar-refractivity contribution in [3.8, 4) is 11.5 Å². The number of ketones is 1. The molecule has 174 valence electrons. The molecule has 2 bridgehead atoms. The monoisotopic (exact) mass is 473 g/mol. The van der Waals surface area contributed by atoms with Crippen LogP contribution in [-0.4, -0.2) is 60.6 Å². The van der Waals surface area contributed by atoms with Gasteiger partial charge in [-0.25, -0.2) is 0 Å². The van der Waals surface area contributed by atoms with E-state index in [2.05, 4.69) is 9.08 Å². The largest absolute Gasteiger partial charge is 0.534 e. The first-order valence-corrected chi connectivity index (χ1v) is 12.2. The molecule has 32 heavy (non-hydrogen) atoms. The third kappa shape index (κ3) is 2.50. The lowest BCUT2D eigenvalue weighted by molar-refractivity contribution is -0.188. The highest BCUT2D eigenvalue weighted by atomic mass is 32.2. The number of halogens is 3. The predicted molar refractivity (Wildman–Crippen MR) is 104 cm³/mol. The van der Waals surface area contributed by atoms with Gasteiger partial charge in [0.25, 0.3) is 0 Å². The summed E-state index contributed by atoms with van der Waals surface area (Å²) in [7, 11) is -5.92. The lowest BCUT2D eigenvalue weighted by Crippen LogP contribution is -2.76. The molecule has 2 heterocycles. The summed E-state index contributed by atoms with van der Waals surface area (Å²) < 4.78 is 72.5. The van der Waals surface area contributed by atoms with Crippen molar-refractivity contribution in [2.45, 2.75) is 67.2 Å². The van der Waals surface area contributed by atoms with E-state index in [9.17, 15) is 31.5 Å². The molecule has 2 saturated carbocycles. The molecule has 1 saturated heterocycles. The molecular weight excluding hydrogens is 451 g/mol. The van der Waals surface area contributed by atoms with E-state index in [0.717, 1.165) is 31.0 Å². The van der Waals surface area contributed by atoms with E-state index in [1.807, 2.05) is 0 Å². The number of benzene rings is 1. The Labute approximate surface area is 182 Å². The first-order valence-electron chi connectivity index (χ1n) is 10.8. The number of piperidine rings is 1. The second-order valence-electron chi connectivity index (χ2n) is 9.68. The number of Topliss-reactive ketones (excluding diaryl/α,β-unsaturated/α-hetero) is 1. The molecule has 3 aliphatic carbocycles. The molecule has 3 fully saturated rings. The second-order valence-corrected chi connectivity index (χ2v) is 11.2. The van der Waals surface area contributed by atoms with E-state index in [-0.39, 0.29) is 30.4 Å². The third-order valence-corrected chi connectivity index (χ3v) is 8.99. The van der Waals surface area contributed by atoms with Gasteiger partial charge in [0.1, 0.15) is 0 Å². The molecule has 11 heteroatoms. The van der Waals surface area contributed by atoms with Gasteiger partial charge in [-0.2, -0.15) is 21.6 Å². The number of likely N-dealkylation sites (tertiary alicyclic amines) is 1. The summed E-state index contributed by atoms with van der Waals surface area (Å²) in [6, 6.07) is 2.46. The summed E-state index contributed by atoms with van der Waals surface area (Å²) in [5.74, 6) is -0.395. The van der Waals surface area contributed by atoms with Gasteiger partial charge in [0, 0.05) is 24.6 Å². The zero-order valence-corrected chi connectivity index (χ0v) is 17.8. The molecule has 1 spiro atoms. The number of aliphatic hydroxyl groups is 1. The van der Waals surface area contributed by atoms with Crippen molar-refractivity contribution in [3.63, 3.8) is 0 Å². The highest BCUT2D eigenvalue weighted by Crippen LogP contribution is 2.65. The van der Waals surface area contributed by atoms with Gasteiger partial charge >= 0.3 is 15.6 Å². The summed E-state index contributed by atoms with van der Waals surface area (Å²) in [4.78, 5) is 15.2. The van der Waals surface area contributed by atoms with Gasteiger partial charge in [-0.1, -0.05) is 6.07 Å². The Morgan fingerprint density at radius 1 is 1.25 bits per heavy atom. The van der Waals surface area contributed by atoms with Gasteiger partial charge in [-0.15, -0.1) is 0 Å². The highest BCUT2D eigenvalue weighted by Gasteiger charge is 2.73. The lowest BCUT2D eigenvalue weighted by Gasteiger charge is -2.62. The molecular formula is C21H22F3NO6S. The van der Waals surface area contributed by atoms with Crippen LogP contribution in [0.4, 0.5) is 13.2 Å². The molecule has 2 unspecified atom stereocenters. The van der Waals surface area contributed by atoms with Crippen molar-refractivity contribution >= 4 is 15.9 Å². The molecule has 6 rings (SSSR count). The molecule has 4 atom stereocenters. The number of hydrogen-bond donors (Lipinski definition) is 1. The SMILES string of the molecule is O=C1CCC2(O)C3Cc4ccc(OS(=O)(=O)C(F)(F)F)c5c4[C@@]2(CCN3CC2CC2)[C@H]1O5. The fourth-order valence-corrected chi connectivity index (χ4v) is 6.95. The van der Waals surface area contributed by atoms with E-state index >= 15 is 0 Å². The van der Waals surface area contributed by atoms with Crippen molar-refractivity contribution in [1.82, 2.24) is 4.90 Å².